The molecule has 0 atom stereocenters. The molecule has 0 radical (unpaired) electrons. The number of aliphatic hydroxyl groups is 1. The fourth-order valence-corrected chi connectivity index (χ4v) is 10.2. The third-order valence-electron chi connectivity index (χ3n) is 14.5. The number of aromatic nitrogens is 4. The number of halogens is 1. The number of ether oxygens (including phenoxy) is 5. The highest BCUT2D eigenvalue weighted by Gasteiger charge is 2.39. The number of nitrogens with one attached hydrogen (secondary N) is 1. The maximum atomic E-state index is 12.3. The Kier molecular flexibility index (Phi) is 24.9. The molecule has 0 saturated heterocycles. The van der Waals surface area contributed by atoms with Crippen LogP contribution in [0.3, 0.4) is 0 Å². The summed E-state index contributed by atoms with van der Waals surface area (Å²) in [6.45, 7) is 27.6. The van der Waals surface area contributed by atoms with Gasteiger partial charge in [0, 0.05) is 77.8 Å². The number of hydrogen-bond donors (Lipinski definition) is 2. The number of nitrogens with zero attached hydrogens (tertiary/aromatic N) is 7. The van der Waals surface area contributed by atoms with Crippen LogP contribution in [0.4, 0.5) is 4.79 Å². The molecule has 2 aliphatic heterocycles. The van der Waals surface area contributed by atoms with Gasteiger partial charge < -0.3 is 39.0 Å². The van der Waals surface area contributed by atoms with Gasteiger partial charge in [0.15, 0.2) is 0 Å². The number of carbonyl (C=O) groups excluding carboxylic acids is 1. The van der Waals surface area contributed by atoms with Crippen molar-refractivity contribution < 1.29 is 33.6 Å². The van der Waals surface area contributed by atoms with Gasteiger partial charge in [0.25, 0.3) is 0 Å². The number of amides is 1. The fourth-order valence-electron chi connectivity index (χ4n) is 10.2. The molecule has 0 unspecified atom stereocenters. The highest BCUT2D eigenvalue weighted by atomic mass is 35.5. The minimum absolute atomic E-state index is 0. The normalized spacial score (nSPS) is 22.9. The van der Waals surface area contributed by atoms with Crippen molar-refractivity contribution in [2.24, 2.45) is 10.8 Å². The third-order valence-corrected chi connectivity index (χ3v) is 14.5. The van der Waals surface area contributed by atoms with Crippen LogP contribution in [-0.4, -0.2) is 152 Å². The van der Waals surface area contributed by atoms with Crippen LogP contribution < -0.4 is 5.32 Å². The van der Waals surface area contributed by atoms with Crippen molar-refractivity contribution in [2.75, 3.05) is 101 Å². The number of carbonyl (C=O) groups is 1. The summed E-state index contributed by atoms with van der Waals surface area (Å²) in [4.78, 5) is 18.6. The first kappa shape index (κ1) is 58.0. The molecular weight excluding hydrogens is 860 g/mol. The van der Waals surface area contributed by atoms with Crippen LogP contribution in [-0.2, 0) is 63.1 Å². The molecule has 0 spiro atoms. The van der Waals surface area contributed by atoms with E-state index in [1.54, 1.807) is 11.9 Å². The minimum atomic E-state index is -0.484. The van der Waals surface area contributed by atoms with E-state index < -0.39 is 5.60 Å². The highest BCUT2D eigenvalue weighted by Crippen LogP contribution is 2.48. The summed E-state index contributed by atoms with van der Waals surface area (Å²) in [5.41, 5.74) is 8.17. The van der Waals surface area contributed by atoms with Crippen molar-refractivity contribution >= 4 is 18.5 Å². The second-order valence-corrected chi connectivity index (χ2v) is 20.2. The Labute approximate surface area is 405 Å². The zero-order chi connectivity index (χ0) is 47.6. The molecule has 2 aliphatic carbocycles. The standard InChI is InChI=1S/C27H48N4O4.C22H40N4O2.CH4O.ClH/c1-8-27(20-33-9-2)12-10-21(11-13-27)24-22(28-31-16-17-34-19-23(24)31)18-29(6)14-15-30(7)25(32)35-26(3,4)5;1-5-22(17-27-6-2)9-7-18(8-10-22)21-19(15-25(4)12-11-23-3)24-26-13-14-28-16-20(21)26;1-2;/h21H,8-20H2,1-7H3;18,23H,5-17H2,1-4H3;2H,1H3;1H. The van der Waals surface area contributed by atoms with Gasteiger partial charge in [-0.15, -0.1) is 12.4 Å². The van der Waals surface area contributed by atoms with Crippen molar-refractivity contribution in [1.29, 1.82) is 0 Å². The molecule has 16 heteroatoms. The minimum Gasteiger partial charge on any atom is -0.444 e. The Bertz CT molecular complexity index is 1680. The third kappa shape index (κ3) is 16.4. The van der Waals surface area contributed by atoms with Gasteiger partial charge in [-0.3, -0.25) is 19.2 Å². The van der Waals surface area contributed by atoms with Crippen molar-refractivity contribution in [2.45, 2.75) is 170 Å². The average molecular weight is 954 g/mol. The highest BCUT2D eigenvalue weighted by molar-refractivity contribution is 5.85. The number of rotatable bonds is 20. The van der Waals surface area contributed by atoms with Gasteiger partial charge >= 0.3 is 6.09 Å². The molecule has 382 valence electrons. The van der Waals surface area contributed by atoms with Crippen LogP contribution in [0.5, 0.6) is 0 Å². The maximum absolute atomic E-state index is 12.3. The van der Waals surface area contributed by atoms with Crippen molar-refractivity contribution in [3.63, 3.8) is 0 Å². The van der Waals surface area contributed by atoms with Crippen molar-refractivity contribution in [1.82, 2.24) is 39.6 Å². The van der Waals surface area contributed by atoms with E-state index in [9.17, 15) is 4.79 Å². The molecule has 2 aromatic rings. The van der Waals surface area contributed by atoms with E-state index in [4.69, 9.17) is 39.0 Å². The summed E-state index contributed by atoms with van der Waals surface area (Å²) in [6, 6.07) is 0. The molecular formula is C50H93ClN8O7. The van der Waals surface area contributed by atoms with Gasteiger partial charge in [-0.2, -0.15) is 10.2 Å². The first-order valence-corrected chi connectivity index (χ1v) is 25.1. The number of likely N-dealkylation sites (N-methyl/N-ethyl adjacent to an activating group) is 4. The van der Waals surface area contributed by atoms with Gasteiger partial charge in [-0.1, -0.05) is 13.8 Å². The van der Waals surface area contributed by atoms with E-state index in [2.05, 4.69) is 66.3 Å². The smallest absolute Gasteiger partial charge is 0.410 e. The van der Waals surface area contributed by atoms with E-state index >= 15 is 0 Å². The van der Waals surface area contributed by atoms with Crippen LogP contribution in [0.2, 0.25) is 0 Å². The van der Waals surface area contributed by atoms with Crippen molar-refractivity contribution in [3.8, 4) is 0 Å². The Hall–Kier alpha value is -2.34. The second kappa shape index (κ2) is 28.4. The summed E-state index contributed by atoms with van der Waals surface area (Å²) >= 11 is 0. The van der Waals surface area contributed by atoms with E-state index in [-0.39, 0.29) is 18.5 Å². The lowest BCUT2D eigenvalue weighted by Crippen LogP contribution is -2.38. The number of hydrogen-bond acceptors (Lipinski definition) is 12. The molecule has 2 N–H and O–H groups in total. The molecule has 66 heavy (non-hydrogen) atoms. The molecule has 0 aromatic carbocycles. The SMILES string of the molecule is CCOCC1(CC)CCC(c2c(CN(C)CCN(C)C(=O)OC(C)(C)C)nn3c2COCC3)CC1.CCOCC1(CC)CCC(c2c(CN(C)CCNC)nn3c2COCC3)CC1.CO.Cl. The maximum Gasteiger partial charge on any atom is 0.410 e. The first-order chi connectivity index (χ1) is 31.2. The molecule has 0 bridgehead atoms. The molecule has 6 rings (SSSR count). The van der Waals surface area contributed by atoms with E-state index in [0.717, 1.165) is 99.2 Å². The molecule has 15 nitrogen and oxygen atoms in total. The molecule has 2 fully saturated rings. The van der Waals surface area contributed by atoms with Gasteiger partial charge in [0.05, 0.1) is 75.5 Å². The van der Waals surface area contributed by atoms with Crippen LogP contribution in [0.25, 0.3) is 0 Å². The predicted octanol–water partition coefficient (Wildman–Crippen LogP) is 7.99. The fraction of sp³-hybridized carbons (Fsp3) is 0.860. The largest absolute Gasteiger partial charge is 0.444 e. The second-order valence-electron chi connectivity index (χ2n) is 20.2. The Morgan fingerprint density at radius 1 is 0.742 bits per heavy atom. The lowest BCUT2D eigenvalue weighted by Gasteiger charge is -2.40. The molecule has 1 amide bonds. The summed E-state index contributed by atoms with van der Waals surface area (Å²) in [5.74, 6) is 1.13. The molecule has 4 aliphatic rings. The Morgan fingerprint density at radius 2 is 1.17 bits per heavy atom. The predicted molar refractivity (Wildman–Crippen MR) is 265 cm³/mol. The molecule has 2 saturated carbocycles. The zero-order valence-electron chi connectivity index (χ0n) is 43.5. The van der Waals surface area contributed by atoms with E-state index in [0.29, 0.717) is 35.8 Å². The van der Waals surface area contributed by atoms with Crippen LogP contribution >= 0.6 is 12.4 Å². The van der Waals surface area contributed by atoms with E-state index in [1.165, 1.54) is 98.1 Å². The van der Waals surface area contributed by atoms with Crippen LogP contribution in [0, 0.1) is 10.8 Å². The lowest BCUT2D eigenvalue weighted by molar-refractivity contribution is 0.0189. The quantitative estimate of drug-likeness (QED) is 0.133. The summed E-state index contributed by atoms with van der Waals surface area (Å²) in [6.07, 6.45) is 11.9. The topological polar surface area (TPSA) is 141 Å². The summed E-state index contributed by atoms with van der Waals surface area (Å²) in [5, 5.41) is 20.3. The Balaban J connectivity index is 0.000000340. The number of fused-ring (bicyclic) bond motifs is 2. The monoisotopic (exact) mass is 953 g/mol. The van der Waals surface area contributed by atoms with Gasteiger partial charge in [0.2, 0.25) is 0 Å². The van der Waals surface area contributed by atoms with Crippen molar-refractivity contribution in [3.05, 3.63) is 33.9 Å². The van der Waals surface area contributed by atoms with E-state index in [1.807, 2.05) is 27.8 Å². The van der Waals surface area contributed by atoms with Gasteiger partial charge in [0.1, 0.15) is 5.60 Å². The zero-order valence-corrected chi connectivity index (χ0v) is 44.3. The molecule has 4 heterocycles. The van der Waals surface area contributed by atoms with Gasteiger partial charge in [-0.05, 0) is 143 Å². The average Bonchev–Trinajstić information content (AvgIpc) is 3.86. The lowest BCUT2D eigenvalue weighted by atomic mass is 9.67. The molecule has 2 aromatic heterocycles. The van der Waals surface area contributed by atoms with Crippen LogP contribution in [0.1, 0.15) is 158 Å². The Morgan fingerprint density at radius 3 is 1.55 bits per heavy atom. The van der Waals surface area contributed by atoms with Gasteiger partial charge in [-0.25, -0.2) is 4.79 Å². The summed E-state index contributed by atoms with van der Waals surface area (Å²) < 4.78 is 33.3. The first-order valence-electron chi connectivity index (χ1n) is 25.1. The number of aliphatic hydroxyl groups excluding tert-OH is 1. The summed E-state index contributed by atoms with van der Waals surface area (Å²) in [7, 11) is 9.11. The van der Waals surface area contributed by atoms with Crippen LogP contribution in [0.15, 0.2) is 0 Å².